The fourth-order valence-electron chi connectivity index (χ4n) is 2.68. The zero-order valence-corrected chi connectivity index (χ0v) is 12.0. The van der Waals surface area contributed by atoms with Gasteiger partial charge < -0.3 is 4.98 Å². The maximum absolute atomic E-state index is 13.5. The summed E-state index contributed by atoms with van der Waals surface area (Å²) in [5.74, 6) is -2.07. The Balaban J connectivity index is 2.17. The first kappa shape index (κ1) is 13.6. The Kier molecular flexibility index (Phi) is 2.77. The number of benzene rings is 1. The first-order valence-corrected chi connectivity index (χ1v) is 6.87. The van der Waals surface area contributed by atoms with Gasteiger partial charge in [-0.05, 0) is 25.1 Å². The molecule has 0 amide bonds. The normalized spacial score (nSPS) is 11.4. The van der Waals surface area contributed by atoms with Gasteiger partial charge >= 0.3 is 0 Å². The first-order chi connectivity index (χ1) is 11.1. The highest BCUT2D eigenvalue weighted by Gasteiger charge is 2.17. The van der Waals surface area contributed by atoms with Crippen molar-refractivity contribution < 1.29 is 8.78 Å². The van der Waals surface area contributed by atoms with Gasteiger partial charge in [0.2, 0.25) is 5.43 Å². The molecular weight excluding hydrogens is 302 g/mol. The third kappa shape index (κ3) is 1.93. The van der Waals surface area contributed by atoms with Gasteiger partial charge in [0.1, 0.15) is 5.65 Å². The zero-order chi connectivity index (χ0) is 16.1. The highest BCUT2D eigenvalue weighted by Crippen LogP contribution is 2.22. The molecule has 23 heavy (non-hydrogen) atoms. The largest absolute Gasteiger partial charge is 0.339 e. The van der Waals surface area contributed by atoms with Crippen LogP contribution in [0.15, 0.2) is 41.5 Å². The Morgan fingerprint density at radius 2 is 2.00 bits per heavy atom. The molecule has 1 N–H and O–H groups in total. The highest BCUT2D eigenvalue weighted by molar-refractivity contribution is 5.92. The van der Waals surface area contributed by atoms with Crippen LogP contribution in [-0.2, 0) is 0 Å². The number of aromatic nitrogens is 4. The van der Waals surface area contributed by atoms with Crippen LogP contribution in [-0.4, -0.2) is 19.7 Å². The van der Waals surface area contributed by atoms with E-state index in [-0.39, 0.29) is 16.3 Å². The van der Waals surface area contributed by atoms with Crippen LogP contribution in [0.1, 0.15) is 5.69 Å². The number of hydrogen-bond donors (Lipinski definition) is 1. The summed E-state index contributed by atoms with van der Waals surface area (Å²) in [4.78, 5) is 19.6. The predicted molar refractivity (Wildman–Crippen MR) is 81.6 cm³/mol. The molecule has 4 rings (SSSR count). The molecule has 0 aliphatic carbocycles. The fourth-order valence-corrected chi connectivity index (χ4v) is 2.68. The minimum Gasteiger partial charge on any atom is -0.339 e. The molecule has 3 aromatic heterocycles. The van der Waals surface area contributed by atoms with Crippen LogP contribution < -0.4 is 5.43 Å². The van der Waals surface area contributed by atoms with Gasteiger partial charge in [-0.15, -0.1) is 0 Å². The maximum Gasteiger partial charge on any atom is 0.200 e. The molecule has 0 aliphatic heterocycles. The summed E-state index contributed by atoms with van der Waals surface area (Å²) in [6.45, 7) is 1.69. The van der Waals surface area contributed by atoms with E-state index >= 15 is 0 Å². The number of hydrogen-bond acceptors (Lipinski definition) is 3. The number of halogens is 2. The Labute approximate surface area is 128 Å². The van der Waals surface area contributed by atoms with Crippen molar-refractivity contribution in [3.63, 3.8) is 0 Å². The van der Waals surface area contributed by atoms with Gasteiger partial charge in [-0.2, -0.15) is 5.10 Å². The molecule has 0 radical (unpaired) electrons. The van der Waals surface area contributed by atoms with E-state index in [1.807, 2.05) is 0 Å². The molecule has 0 fully saturated rings. The topological polar surface area (TPSA) is 63.6 Å². The van der Waals surface area contributed by atoms with Crippen molar-refractivity contribution in [3.8, 4) is 5.69 Å². The number of fused-ring (bicyclic) bond motifs is 2. The lowest BCUT2D eigenvalue weighted by Crippen LogP contribution is -2.07. The monoisotopic (exact) mass is 312 g/mol. The standard InChI is InChI=1S/C16H10F2N4O/c1-8-14-15(23)10-5-11(17)12(18)6-13(10)20-16(14)22(21-8)9-3-2-4-19-7-9/h2-7H,1H3,(H,20,23). The van der Waals surface area contributed by atoms with E-state index in [0.717, 1.165) is 12.1 Å². The van der Waals surface area contributed by atoms with Crippen molar-refractivity contribution in [3.05, 3.63) is 64.2 Å². The molecule has 0 bridgehead atoms. The van der Waals surface area contributed by atoms with E-state index < -0.39 is 11.6 Å². The van der Waals surface area contributed by atoms with Crippen LogP contribution in [0.5, 0.6) is 0 Å². The minimum atomic E-state index is -1.06. The molecule has 7 heteroatoms. The lowest BCUT2D eigenvalue weighted by atomic mass is 10.1. The smallest absolute Gasteiger partial charge is 0.200 e. The molecule has 0 unspecified atom stereocenters. The average molecular weight is 312 g/mol. The van der Waals surface area contributed by atoms with E-state index in [0.29, 0.717) is 22.4 Å². The van der Waals surface area contributed by atoms with Crippen molar-refractivity contribution >= 4 is 21.9 Å². The SMILES string of the molecule is Cc1nn(-c2cccnc2)c2[nH]c3cc(F)c(F)cc3c(=O)c12. The maximum atomic E-state index is 13.5. The van der Waals surface area contributed by atoms with Gasteiger partial charge in [-0.1, -0.05) is 0 Å². The summed E-state index contributed by atoms with van der Waals surface area (Å²) >= 11 is 0. The quantitative estimate of drug-likeness (QED) is 0.588. The second-order valence-corrected chi connectivity index (χ2v) is 5.20. The summed E-state index contributed by atoms with van der Waals surface area (Å²) in [5.41, 5.74) is 1.39. The molecule has 4 aromatic rings. The van der Waals surface area contributed by atoms with Crippen LogP contribution in [0, 0.1) is 18.6 Å². The minimum absolute atomic E-state index is 0.0882. The lowest BCUT2D eigenvalue weighted by Gasteiger charge is -2.04. The Morgan fingerprint density at radius 1 is 1.22 bits per heavy atom. The summed E-state index contributed by atoms with van der Waals surface area (Å²) in [6.07, 6.45) is 3.22. The van der Waals surface area contributed by atoms with Gasteiger partial charge in [0, 0.05) is 17.6 Å². The number of pyridine rings is 2. The van der Waals surface area contributed by atoms with E-state index in [2.05, 4.69) is 15.1 Å². The third-order valence-corrected chi connectivity index (χ3v) is 3.74. The molecule has 0 aliphatic rings. The second kappa shape index (κ2) is 4.70. The number of aryl methyl sites for hydroxylation is 1. The van der Waals surface area contributed by atoms with E-state index in [4.69, 9.17) is 0 Å². The molecule has 3 heterocycles. The Hall–Kier alpha value is -3.09. The van der Waals surface area contributed by atoms with Gasteiger partial charge in [0.15, 0.2) is 11.6 Å². The van der Waals surface area contributed by atoms with E-state index in [1.54, 1.807) is 31.5 Å². The predicted octanol–water partition coefficient (Wildman–Crippen LogP) is 2.85. The van der Waals surface area contributed by atoms with Crippen LogP contribution in [0.25, 0.3) is 27.6 Å². The van der Waals surface area contributed by atoms with E-state index in [1.165, 1.54) is 4.68 Å². The van der Waals surface area contributed by atoms with Crippen molar-refractivity contribution in [1.82, 2.24) is 19.7 Å². The molecule has 114 valence electrons. The van der Waals surface area contributed by atoms with Crippen LogP contribution in [0.4, 0.5) is 8.78 Å². The molecule has 1 aromatic carbocycles. The second-order valence-electron chi connectivity index (χ2n) is 5.20. The van der Waals surface area contributed by atoms with Gasteiger partial charge in [0.25, 0.3) is 0 Å². The van der Waals surface area contributed by atoms with Crippen molar-refractivity contribution in [1.29, 1.82) is 0 Å². The van der Waals surface area contributed by atoms with E-state index in [9.17, 15) is 13.6 Å². The summed E-state index contributed by atoms with van der Waals surface area (Å²) in [7, 11) is 0. The highest BCUT2D eigenvalue weighted by atomic mass is 19.2. The van der Waals surface area contributed by atoms with Crippen LogP contribution in [0.2, 0.25) is 0 Å². The number of nitrogens with one attached hydrogen (secondary N) is 1. The summed E-state index contributed by atoms with van der Waals surface area (Å²) < 4.78 is 28.4. The molecule has 0 spiro atoms. The molecular formula is C16H10F2N4O. The molecule has 5 nitrogen and oxygen atoms in total. The summed E-state index contributed by atoms with van der Waals surface area (Å²) in [6, 6.07) is 5.41. The Morgan fingerprint density at radius 3 is 2.74 bits per heavy atom. The molecule has 0 saturated carbocycles. The van der Waals surface area contributed by atoms with Crippen molar-refractivity contribution in [2.45, 2.75) is 6.92 Å². The van der Waals surface area contributed by atoms with Gasteiger partial charge in [0.05, 0.1) is 28.5 Å². The summed E-state index contributed by atoms with van der Waals surface area (Å²) in [5, 5.41) is 4.77. The van der Waals surface area contributed by atoms with Crippen LogP contribution in [0.3, 0.4) is 0 Å². The number of nitrogens with zero attached hydrogens (tertiary/aromatic N) is 3. The van der Waals surface area contributed by atoms with Crippen LogP contribution >= 0.6 is 0 Å². The third-order valence-electron chi connectivity index (χ3n) is 3.74. The number of H-pyrrole nitrogens is 1. The Bertz CT molecular complexity index is 1120. The van der Waals surface area contributed by atoms with Crippen molar-refractivity contribution in [2.75, 3.05) is 0 Å². The average Bonchev–Trinajstić information content (AvgIpc) is 2.87. The lowest BCUT2D eigenvalue weighted by molar-refractivity contribution is 0.510. The first-order valence-electron chi connectivity index (χ1n) is 6.87. The zero-order valence-electron chi connectivity index (χ0n) is 12.0. The number of aromatic amines is 1. The fraction of sp³-hybridized carbons (Fsp3) is 0.0625. The molecule has 0 atom stereocenters. The van der Waals surface area contributed by atoms with Gasteiger partial charge in [-0.25, -0.2) is 13.5 Å². The molecule has 0 saturated heterocycles. The number of rotatable bonds is 1. The van der Waals surface area contributed by atoms with Crippen molar-refractivity contribution in [2.24, 2.45) is 0 Å². The van der Waals surface area contributed by atoms with Gasteiger partial charge in [-0.3, -0.25) is 9.78 Å².